The summed E-state index contributed by atoms with van der Waals surface area (Å²) in [6, 6.07) is 9.67. The standard InChI is InChI=1S/C14H14BrN5/c1-19-14(12(15)8-17-19)13(16)10-7-18-20(9-10)11-5-3-2-4-6-11/h2-9,13H,16H2,1H3. The molecule has 0 fully saturated rings. The molecule has 0 spiro atoms. The molecule has 3 rings (SSSR count). The maximum Gasteiger partial charge on any atom is 0.0765 e. The van der Waals surface area contributed by atoms with Gasteiger partial charge in [0.15, 0.2) is 0 Å². The summed E-state index contributed by atoms with van der Waals surface area (Å²) in [5.74, 6) is 0. The van der Waals surface area contributed by atoms with Gasteiger partial charge in [-0.15, -0.1) is 0 Å². The zero-order valence-corrected chi connectivity index (χ0v) is 12.5. The third-order valence-electron chi connectivity index (χ3n) is 3.21. The summed E-state index contributed by atoms with van der Waals surface area (Å²) in [6.45, 7) is 0. The summed E-state index contributed by atoms with van der Waals surface area (Å²) in [5, 5.41) is 8.56. The van der Waals surface area contributed by atoms with Crippen LogP contribution in [0.15, 0.2) is 53.4 Å². The first-order chi connectivity index (χ1) is 9.66. The summed E-state index contributed by atoms with van der Waals surface area (Å²) >= 11 is 3.48. The SMILES string of the molecule is Cn1ncc(Br)c1C(N)c1cnn(-c2ccccc2)c1. The number of hydrogen-bond donors (Lipinski definition) is 1. The summed E-state index contributed by atoms with van der Waals surface area (Å²) in [6.07, 6.45) is 5.48. The second kappa shape index (κ2) is 5.22. The average Bonchev–Trinajstić information content (AvgIpc) is 3.07. The van der Waals surface area contributed by atoms with Crippen LogP contribution in [0.2, 0.25) is 0 Å². The first kappa shape index (κ1) is 13.1. The van der Waals surface area contributed by atoms with Crippen LogP contribution < -0.4 is 5.73 Å². The number of nitrogens with zero attached hydrogens (tertiary/aromatic N) is 4. The van der Waals surface area contributed by atoms with Crippen molar-refractivity contribution < 1.29 is 0 Å². The van der Waals surface area contributed by atoms with Gasteiger partial charge in [-0.3, -0.25) is 4.68 Å². The highest BCUT2D eigenvalue weighted by atomic mass is 79.9. The maximum absolute atomic E-state index is 6.31. The van der Waals surface area contributed by atoms with Crippen LogP contribution in [-0.4, -0.2) is 19.6 Å². The van der Waals surface area contributed by atoms with Crippen LogP contribution in [0.1, 0.15) is 17.3 Å². The lowest BCUT2D eigenvalue weighted by atomic mass is 10.1. The Morgan fingerprint density at radius 2 is 1.90 bits per heavy atom. The van der Waals surface area contributed by atoms with Crippen molar-refractivity contribution in [2.75, 3.05) is 0 Å². The molecule has 6 heteroatoms. The minimum absolute atomic E-state index is 0.269. The predicted molar refractivity (Wildman–Crippen MR) is 80.5 cm³/mol. The van der Waals surface area contributed by atoms with E-state index < -0.39 is 0 Å². The van der Waals surface area contributed by atoms with Gasteiger partial charge in [-0.25, -0.2) is 4.68 Å². The van der Waals surface area contributed by atoms with Crippen molar-refractivity contribution in [3.8, 4) is 5.69 Å². The van der Waals surface area contributed by atoms with Gasteiger partial charge in [-0.05, 0) is 28.1 Å². The maximum atomic E-state index is 6.31. The van der Waals surface area contributed by atoms with Gasteiger partial charge in [0.05, 0.1) is 34.3 Å². The number of hydrogen-bond acceptors (Lipinski definition) is 3. The van der Waals surface area contributed by atoms with Crippen LogP contribution in [0.5, 0.6) is 0 Å². The topological polar surface area (TPSA) is 61.7 Å². The Hall–Kier alpha value is -1.92. The molecule has 1 atom stereocenters. The average molecular weight is 332 g/mol. The van der Waals surface area contributed by atoms with E-state index in [4.69, 9.17) is 5.73 Å². The second-order valence-electron chi connectivity index (χ2n) is 4.53. The highest BCUT2D eigenvalue weighted by Gasteiger charge is 2.18. The van der Waals surface area contributed by atoms with E-state index in [-0.39, 0.29) is 6.04 Å². The van der Waals surface area contributed by atoms with Gasteiger partial charge >= 0.3 is 0 Å². The molecule has 0 aliphatic carbocycles. The molecule has 2 heterocycles. The van der Waals surface area contributed by atoms with E-state index in [2.05, 4.69) is 26.1 Å². The number of nitrogens with two attached hydrogens (primary N) is 1. The zero-order chi connectivity index (χ0) is 14.1. The van der Waals surface area contributed by atoms with Crippen LogP contribution >= 0.6 is 15.9 Å². The molecule has 20 heavy (non-hydrogen) atoms. The van der Waals surface area contributed by atoms with Gasteiger partial charge in [0.1, 0.15) is 0 Å². The summed E-state index contributed by atoms with van der Waals surface area (Å²) in [4.78, 5) is 0. The van der Waals surface area contributed by atoms with Gasteiger partial charge in [0, 0.05) is 18.8 Å². The molecule has 1 aromatic carbocycles. The first-order valence-electron chi connectivity index (χ1n) is 6.20. The van der Waals surface area contributed by atoms with Crippen molar-refractivity contribution in [2.24, 2.45) is 12.8 Å². The van der Waals surface area contributed by atoms with Crippen molar-refractivity contribution >= 4 is 15.9 Å². The smallest absolute Gasteiger partial charge is 0.0765 e. The largest absolute Gasteiger partial charge is 0.319 e. The molecule has 0 radical (unpaired) electrons. The molecule has 2 aromatic heterocycles. The van der Waals surface area contributed by atoms with Gasteiger partial charge in [-0.1, -0.05) is 18.2 Å². The quantitative estimate of drug-likeness (QED) is 0.801. The molecule has 5 nitrogen and oxygen atoms in total. The molecule has 0 amide bonds. The molecule has 2 N–H and O–H groups in total. The fraction of sp³-hybridized carbons (Fsp3) is 0.143. The van der Waals surface area contributed by atoms with Crippen LogP contribution in [0, 0.1) is 0 Å². The summed E-state index contributed by atoms with van der Waals surface area (Å²) in [7, 11) is 1.88. The number of rotatable bonds is 3. The van der Waals surface area contributed by atoms with Gasteiger partial charge in [-0.2, -0.15) is 10.2 Å². The molecule has 102 valence electrons. The number of halogens is 1. The zero-order valence-electron chi connectivity index (χ0n) is 10.9. The van der Waals surface area contributed by atoms with Crippen LogP contribution in [-0.2, 0) is 7.05 Å². The molecule has 3 aromatic rings. The summed E-state index contributed by atoms with van der Waals surface area (Å²) in [5.41, 5.74) is 9.19. The van der Waals surface area contributed by atoms with Gasteiger partial charge < -0.3 is 5.73 Å². The Kier molecular flexibility index (Phi) is 3.42. The number of benzene rings is 1. The first-order valence-corrected chi connectivity index (χ1v) is 6.99. The van der Waals surface area contributed by atoms with E-state index in [1.807, 2.05) is 48.3 Å². The normalized spacial score (nSPS) is 12.6. The lowest BCUT2D eigenvalue weighted by Gasteiger charge is -2.10. The number of aryl methyl sites for hydroxylation is 1. The van der Waals surface area contributed by atoms with Crippen molar-refractivity contribution in [1.29, 1.82) is 0 Å². The fourth-order valence-electron chi connectivity index (χ4n) is 2.15. The third-order valence-corrected chi connectivity index (χ3v) is 3.83. The Labute approximate surface area is 125 Å². The Balaban J connectivity index is 1.95. The number of para-hydroxylation sites is 1. The van der Waals surface area contributed by atoms with Crippen LogP contribution in [0.3, 0.4) is 0 Å². The van der Waals surface area contributed by atoms with E-state index in [1.165, 1.54) is 0 Å². The third kappa shape index (κ3) is 2.28. The van der Waals surface area contributed by atoms with E-state index in [1.54, 1.807) is 17.1 Å². The van der Waals surface area contributed by atoms with Gasteiger partial charge in [0.2, 0.25) is 0 Å². The highest BCUT2D eigenvalue weighted by Crippen LogP contribution is 2.26. The predicted octanol–water partition coefficient (Wildman–Crippen LogP) is 2.42. The highest BCUT2D eigenvalue weighted by molar-refractivity contribution is 9.10. The Morgan fingerprint density at radius 1 is 1.15 bits per heavy atom. The van der Waals surface area contributed by atoms with Gasteiger partial charge in [0.25, 0.3) is 0 Å². The van der Waals surface area contributed by atoms with Crippen molar-refractivity contribution in [3.05, 3.63) is 64.7 Å². The van der Waals surface area contributed by atoms with E-state index in [9.17, 15) is 0 Å². The van der Waals surface area contributed by atoms with E-state index in [0.29, 0.717) is 0 Å². The lowest BCUT2D eigenvalue weighted by molar-refractivity contribution is 0.671. The molecular formula is C14H14BrN5. The molecule has 0 aliphatic rings. The molecule has 0 saturated heterocycles. The molecular weight excluding hydrogens is 318 g/mol. The molecule has 1 unspecified atom stereocenters. The molecule has 0 aliphatic heterocycles. The number of aromatic nitrogens is 4. The minimum Gasteiger partial charge on any atom is -0.319 e. The van der Waals surface area contributed by atoms with Crippen molar-refractivity contribution in [3.63, 3.8) is 0 Å². The van der Waals surface area contributed by atoms with Crippen molar-refractivity contribution in [2.45, 2.75) is 6.04 Å². The Bertz CT molecular complexity index is 697. The van der Waals surface area contributed by atoms with E-state index >= 15 is 0 Å². The van der Waals surface area contributed by atoms with E-state index in [0.717, 1.165) is 21.4 Å². The van der Waals surface area contributed by atoms with Crippen molar-refractivity contribution in [1.82, 2.24) is 19.6 Å². The lowest BCUT2D eigenvalue weighted by Crippen LogP contribution is -2.16. The minimum atomic E-state index is -0.269. The molecule has 0 bridgehead atoms. The van der Waals surface area contributed by atoms with Crippen LogP contribution in [0.25, 0.3) is 5.69 Å². The van der Waals surface area contributed by atoms with Crippen LogP contribution in [0.4, 0.5) is 0 Å². The molecule has 0 saturated carbocycles. The summed E-state index contributed by atoms with van der Waals surface area (Å²) < 4.78 is 4.49. The second-order valence-corrected chi connectivity index (χ2v) is 5.39. The Morgan fingerprint density at radius 3 is 2.55 bits per heavy atom. The monoisotopic (exact) mass is 331 g/mol. The fourth-order valence-corrected chi connectivity index (χ4v) is 2.74.